The van der Waals surface area contributed by atoms with E-state index in [1.165, 1.54) is 22.5 Å². The lowest BCUT2D eigenvalue weighted by molar-refractivity contribution is 0.816. The summed E-state index contributed by atoms with van der Waals surface area (Å²) in [5.41, 5.74) is 11.0. The van der Waals surface area contributed by atoms with Crippen LogP contribution in [0.2, 0.25) is 5.02 Å². The summed E-state index contributed by atoms with van der Waals surface area (Å²) in [6.07, 6.45) is 3.07. The summed E-state index contributed by atoms with van der Waals surface area (Å²) >= 11 is 6.15. The Morgan fingerprint density at radius 2 is 1.71 bits per heavy atom. The summed E-state index contributed by atoms with van der Waals surface area (Å²) < 4.78 is 0. The van der Waals surface area contributed by atoms with E-state index in [2.05, 4.69) is 41.3 Å². The van der Waals surface area contributed by atoms with Crippen LogP contribution < -0.4 is 10.6 Å². The third-order valence-electron chi connectivity index (χ3n) is 3.86. The quantitative estimate of drug-likeness (QED) is 0.910. The van der Waals surface area contributed by atoms with Gasteiger partial charge in [0.15, 0.2) is 0 Å². The number of nitrogens with zero attached hydrogens (tertiary/aromatic N) is 1. The van der Waals surface area contributed by atoms with Crippen molar-refractivity contribution in [1.82, 2.24) is 0 Å². The van der Waals surface area contributed by atoms with Crippen molar-refractivity contribution < 1.29 is 0 Å². The first-order chi connectivity index (χ1) is 9.79. The van der Waals surface area contributed by atoms with Gasteiger partial charge in [-0.25, -0.2) is 0 Å². The molecule has 0 spiro atoms. The topological polar surface area (TPSA) is 29.3 Å². The number of aryl methyl sites for hydroxylation is 2. The second-order valence-corrected chi connectivity index (χ2v) is 5.63. The third kappa shape index (κ3) is 3.34. The van der Waals surface area contributed by atoms with Crippen molar-refractivity contribution in [3.8, 4) is 0 Å². The summed E-state index contributed by atoms with van der Waals surface area (Å²) in [7, 11) is 0. The molecule has 0 aliphatic carbocycles. The lowest BCUT2D eigenvalue weighted by atomic mass is 10.0. The predicted octanol–water partition coefficient (Wildman–Crippen LogP) is 4.35. The van der Waals surface area contributed by atoms with Gasteiger partial charge in [0.1, 0.15) is 0 Å². The third-order valence-corrected chi connectivity index (χ3v) is 4.10. The van der Waals surface area contributed by atoms with Crippen LogP contribution in [-0.2, 0) is 12.8 Å². The number of anilines is 2. The Hall–Kier alpha value is -1.22. The van der Waals surface area contributed by atoms with Crippen LogP contribution in [0.4, 0.5) is 11.4 Å². The standard InChI is InChI=1S/C17H19ClN2.ClH/c18-15-8-9-17-14(12-15)7-6-13-4-1-2-5-16(13)20(17)11-3-10-19;/h1-2,4-5,8-9,12H,3,6-7,10-11,19H2;1H. The molecule has 0 atom stereocenters. The van der Waals surface area contributed by atoms with Gasteiger partial charge in [0.05, 0.1) is 0 Å². The molecule has 2 aromatic carbocycles. The average Bonchev–Trinajstić information content (AvgIpc) is 2.62. The van der Waals surface area contributed by atoms with Crippen molar-refractivity contribution in [1.29, 1.82) is 0 Å². The highest BCUT2D eigenvalue weighted by Gasteiger charge is 2.19. The number of hydrogen-bond acceptors (Lipinski definition) is 2. The van der Waals surface area contributed by atoms with E-state index >= 15 is 0 Å². The zero-order valence-corrected chi connectivity index (χ0v) is 13.5. The number of para-hydroxylation sites is 1. The highest BCUT2D eigenvalue weighted by atomic mass is 35.5. The number of rotatable bonds is 3. The molecule has 0 fully saturated rings. The van der Waals surface area contributed by atoms with E-state index in [1.807, 2.05) is 6.07 Å². The largest absolute Gasteiger partial charge is 0.341 e. The Morgan fingerprint density at radius 1 is 1.00 bits per heavy atom. The van der Waals surface area contributed by atoms with Crippen molar-refractivity contribution in [3.63, 3.8) is 0 Å². The molecule has 1 aliphatic heterocycles. The minimum atomic E-state index is 0. The van der Waals surface area contributed by atoms with Crippen LogP contribution in [0.1, 0.15) is 17.5 Å². The summed E-state index contributed by atoms with van der Waals surface area (Å²) in [5.74, 6) is 0. The molecule has 0 amide bonds. The van der Waals surface area contributed by atoms with Gasteiger partial charge in [-0.05, 0) is 61.2 Å². The maximum atomic E-state index is 6.15. The number of nitrogens with two attached hydrogens (primary N) is 1. The second kappa shape index (κ2) is 7.17. The first-order valence-electron chi connectivity index (χ1n) is 7.13. The lowest BCUT2D eigenvalue weighted by Crippen LogP contribution is -2.21. The molecule has 0 radical (unpaired) electrons. The van der Waals surface area contributed by atoms with E-state index in [1.54, 1.807) is 0 Å². The van der Waals surface area contributed by atoms with Gasteiger partial charge < -0.3 is 10.6 Å². The van der Waals surface area contributed by atoms with Gasteiger partial charge in [-0.1, -0.05) is 29.8 Å². The Labute approximate surface area is 137 Å². The van der Waals surface area contributed by atoms with Crippen LogP contribution in [0, 0.1) is 0 Å². The molecule has 0 saturated carbocycles. The molecule has 2 nitrogen and oxygen atoms in total. The van der Waals surface area contributed by atoms with Crippen molar-refractivity contribution in [2.75, 3.05) is 18.0 Å². The Morgan fingerprint density at radius 3 is 2.52 bits per heavy atom. The van der Waals surface area contributed by atoms with E-state index in [4.69, 9.17) is 17.3 Å². The molecular weight excluding hydrogens is 303 g/mol. The molecule has 0 saturated heterocycles. The summed E-state index contributed by atoms with van der Waals surface area (Å²) in [6.45, 7) is 1.66. The highest BCUT2D eigenvalue weighted by molar-refractivity contribution is 6.30. The molecule has 0 unspecified atom stereocenters. The fraction of sp³-hybridized carbons (Fsp3) is 0.294. The van der Waals surface area contributed by atoms with Crippen molar-refractivity contribution in [2.45, 2.75) is 19.3 Å². The average molecular weight is 323 g/mol. The predicted molar refractivity (Wildman–Crippen MR) is 93.2 cm³/mol. The minimum absolute atomic E-state index is 0. The van der Waals surface area contributed by atoms with E-state index in [9.17, 15) is 0 Å². The van der Waals surface area contributed by atoms with E-state index in [0.29, 0.717) is 6.54 Å². The Bertz CT molecular complexity index is 613. The molecule has 4 heteroatoms. The van der Waals surface area contributed by atoms with Gasteiger partial charge in [0.2, 0.25) is 0 Å². The monoisotopic (exact) mass is 322 g/mol. The van der Waals surface area contributed by atoms with Gasteiger partial charge in [-0.2, -0.15) is 0 Å². The fourth-order valence-corrected chi connectivity index (χ4v) is 3.09. The van der Waals surface area contributed by atoms with Gasteiger partial charge in [-0.3, -0.25) is 0 Å². The van der Waals surface area contributed by atoms with Crippen LogP contribution in [0.25, 0.3) is 0 Å². The molecule has 21 heavy (non-hydrogen) atoms. The molecule has 3 rings (SSSR count). The zero-order chi connectivity index (χ0) is 13.9. The van der Waals surface area contributed by atoms with Gasteiger partial charge in [0, 0.05) is 22.9 Å². The van der Waals surface area contributed by atoms with E-state index in [0.717, 1.165) is 30.8 Å². The first-order valence-corrected chi connectivity index (χ1v) is 7.51. The highest BCUT2D eigenvalue weighted by Crippen LogP contribution is 2.37. The number of halogens is 2. The molecule has 2 aromatic rings. The molecular formula is C17H20Cl2N2. The van der Waals surface area contributed by atoms with Crippen molar-refractivity contribution >= 4 is 35.4 Å². The van der Waals surface area contributed by atoms with Crippen molar-refractivity contribution in [2.24, 2.45) is 5.73 Å². The molecule has 0 bridgehead atoms. The molecule has 1 heterocycles. The van der Waals surface area contributed by atoms with Crippen LogP contribution >= 0.6 is 24.0 Å². The first kappa shape index (κ1) is 16.2. The van der Waals surface area contributed by atoms with Gasteiger partial charge in [0.25, 0.3) is 0 Å². The summed E-state index contributed by atoms with van der Waals surface area (Å²) in [5, 5.41) is 0.813. The lowest BCUT2D eigenvalue weighted by Gasteiger charge is -2.27. The maximum Gasteiger partial charge on any atom is 0.0444 e. The van der Waals surface area contributed by atoms with Crippen LogP contribution in [0.5, 0.6) is 0 Å². The minimum Gasteiger partial charge on any atom is -0.341 e. The van der Waals surface area contributed by atoms with E-state index in [-0.39, 0.29) is 12.4 Å². The number of fused-ring (bicyclic) bond motifs is 2. The SMILES string of the molecule is Cl.NCCCN1c2ccccc2CCc2cc(Cl)ccc21. The van der Waals surface area contributed by atoms with Crippen molar-refractivity contribution in [3.05, 3.63) is 58.6 Å². The smallest absolute Gasteiger partial charge is 0.0444 e. The second-order valence-electron chi connectivity index (χ2n) is 5.20. The van der Waals surface area contributed by atoms with Gasteiger partial charge >= 0.3 is 0 Å². The Kier molecular flexibility index (Phi) is 5.51. The molecule has 0 aromatic heterocycles. The molecule has 2 N–H and O–H groups in total. The Balaban J connectivity index is 0.00000161. The molecule has 1 aliphatic rings. The zero-order valence-electron chi connectivity index (χ0n) is 11.9. The van der Waals surface area contributed by atoms with Gasteiger partial charge in [-0.15, -0.1) is 12.4 Å². The fourth-order valence-electron chi connectivity index (χ4n) is 2.89. The maximum absolute atomic E-state index is 6.15. The van der Waals surface area contributed by atoms with Crippen LogP contribution in [0.3, 0.4) is 0 Å². The number of benzene rings is 2. The van der Waals surface area contributed by atoms with E-state index < -0.39 is 0 Å². The van der Waals surface area contributed by atoms with Crippen LogP contribution in [-0.4, -0.2) is 13.1 Å². The normalized spacial score (nSPS) is 13.0. The van der Waals surface area contributed by atoms with Crippen LogP contribution in [0.15, 0.2) is 42.5 Å². The number of hydrogen-bond donors (Lipinski definition) is 1. The summed E-state index contributed by atoms with van der Waals surface area (Å²) in [6, 6.07) is 14.9. The summed E-state index contributed by atoms with van der Waals surface area (Å²) in [4.78, 5) is 2.39. The molecule has 112 valence electrons.